The molecule has 1 heterocycles. The fourth-order valence-electron chi connectivity index (χ4n) is 2.57. The van der Waals surface area contributed by atoms with Crippen LogP contribution < -0.4 is 5.32 Å². The predicted molar refractivity (Wildman–Crippen MR) is 99.4 cm³/mol. The summed E-state index contributed by atoms with van der Waals surface area (Å²) in [4.78, 5) is 12.3. The van der Waals surface area contributed by atoms with Gasteiger partial charge in [0.2, 0.25) is 0 Å². The molecule has 0 aliphatic rings. The van der Waals surface area contributed by atoms with Crippen LogP contribution in [0, 0.1) is 11.6 Å². The van der Waals surface area contributed by atoms with Crippen LogP contribution >= 0.6 is 11.3 Å². The second kappa shape index (κ2) is 7.98. The van der Waals surface area contributed by atoms with E-state index in [9.17, 15) is 22.0 Å². The van der Waals surface area contributed by atoms with Crippen molar-refractivity contribution in [3.05, 3.63) is 88.8 Å². The smallest absolute Gasteiger partial charge is 0.251 e. The molecule has 0 spiro atoms. The Morgan fingerprint density at radius 1 is 1.00 bits per heavy atom. The van der Waals surface area contributed by atoms with Gasteiger partial charge in [-0.2, -0.15) is 0 Å². The summed E-state index contributed by atoms with van der Waals surface area (Å²) in [6, 6.07) is 13.3. The molecule has 8 heteroatoms. The average molecular weight is 407 g/mol. The number of sulfone groups is 1. The minimum atomic E-state index is -3.80. The summed E-state index contributed by atoms with van der Waals surface area (Å²) in [6.07, 6.45) is 0. The molecule has 0 aliphatic carbocycles. The molecular weight excluding hydrogens is 392 g/mol. The summed E-state index contributed by atoms with van der Waals surface area (Å²) in [5.41, 5.74) is 0.436. The molecule has 1 N–H and O–H groups in total. The van der Waals surface area contributed by atoms with E-state index < -0.39 is 32.6 Å². The summed E-state index contributed by atoms with van der Waals surface area (Å²) in [6.45, 7) is -0.235. The third kappa shape index (κ3) is 4.40. The normalized spacial score (nSPS) is 12.5. The molecule has 3 rings (SSSR count). The Labute approximate surface area is 159 Å². The molecule has 27 heavy (non-hydrogen) atoms. The number of hydrogen-bond acceptors (Lipinski definition) is 4. The molecule has 0 fully saturated rings. The quantitative estimate of drug-likeness (QED) is 0.673. The van der Waals surface area contributed by atoms with Crippen molar-refractivity contribution in [3.63, 3.8) is 0 Å². The van der Waals surface area contributed by atoms with Gasteiger partial charge in [0, 0.05) is 12.1 Å². The van der Waals surface area contributed by atoms with Crippen LogP contribution in [0.4, 0.5) is 8.78 Å². The lowest BCUT2D eigenvalue weighted by atomic mass is 10.1. The standard InChI is InChI=1S/C19H15F2NO3S2/c20-15-8-6-13(7-9-15)17(27(24,25)18-5-2-10-26-18)12-22-19(23)14-3-1-4-16(21)11-14/h1-11,17H,12H2,(H,22,23)/t17-/m0/s1. The highest BCUT2D eigenvalue weighted by atomic mass is 32.2. The summed E-state index contributed by atoms with van der Waals surface area (Å²) in [5.74, 6) is -1.65. The van der Waals surface area contributed by atoms with E-state index >= 15 is 0 Å². The van der Waals surface area contributed by atoms with Crippen molar-refractivity contribution in [2.45, 2.75) is 9.46 Å². The fraction of sp³-hybridized carbons (Fsp3) is 0.105. The minimum absolute atomic E-state index is 0.0846. The number of benzene rings is 2. The van der Waals surface area contributed by atoms with Gasteiger partial charge < -0.3 is 5.32 Å². The SMILES string of the molecule is O=C(NC[C@@H](c1ccc(F)cc1)S(=O)(=O)c1cccs1)c1cccc(F)c1. The highest BCUT2D eigenvalue weighted by Gasteiger charge is 2.30. The Balaban J connectivity index is 1.88. The largest absolute Gasteiger partial charge is 0.350 e. The Hall–Kier alpha value is -2.58. The third-order valence-corrected chi connectivity index (χ3v) is 7.46. The molecule has 2 aromatic carbocycles. The number of carbonyl (C=O) groups excluding carboxylic acids is 1. The highest BCUT2D eigenvalue weighted by Crippen LogP contribution is 2.31. The summed E-state index contributed by atoms with van der Waals surface area (Å²) >= 11 is 1.06. The lowest BCUT2D eigenvalue weighted by Crippen LogP contribution is -2.31. The topological polar surface area (TPSA) is 63.2 Å². The first kappa shape index (κ1) is 19.2. The van der Waals surface area contributed by atoms with Gasteiger partial charge in [-0.25, -0.2) is 17.2 Å². The van der Waals surface area contributed by atoms with E-state index in [0.717, 1.165) is 17.4 Å². The van der Waals surface area contributed by atoms with Crippen LogP contribution in [-0.4, -0.2) is 20.9 Å². The molecule has 0 radical (unpaired) electrons. The van der Waals surface area contributed by atoms with E-state index in [4.69, 9.17) is 0 Å². The first-order chi connectivity index (χ1) is 12.9. The zero-order valence-electron chi connectivity index (χ0n) is 13.9. The van der Waals surface area contributed by atoms with Crippen LogP contribution in [0.15, 0.2) is 70.3 Å². The number of rotatable bonds is 6. The zero-order chi connectivity index (χ0) is 19.4. The molecule has 3 aromatic rings. The molecule has 1 aromatic heterocycles. The number of hydrogen-bond donors (Lipinski definition) is 1. The molecule has 140 valence electrons. The number of nitrogens with one attached hydrogen (secondary N) is 1. The number of thiophene rings is 1. The summed E-state index contributed by atoms with van der Waals surface area (Å²) in [7, 11) is -3.80. The van der Waals surface area contributed by atoms with Gasteiger partial charge in [0.1, 0.15) is 21.1 Å². The van der Waals surface area contributed by atoms with Crippen LogP contribution in [0.3, 0.4) is 0 Å². The van der Waals surface area contributed by atoms with Crippen LogP contribution in [0.2, 0.25) is 0 Å². The Bertz CT molecular complexity index is 1030. The second-order valence-corrected chi connectivity index (χ2v) is 9.04. The molecule has 0 saturated carbocycles. The van der Waals surface area contributed by atoms with Crippen molar-refractivity contribution < 1.29 is 22.0 Å². The molecule has 0 aliphatic heterocycles. The monoisotopic (exact) mass is 407 g/mol. The average Bonchev–Trinajstić information content (AvgIpc) is 3.18. The maximum atomic E-state index is 13.3. The molecule has 0 unspecified atom stereocenters. The van der Waals surface area contributed by atoms with Gasteiger partial charge >= 0.3 is 0 Å². The number of amides is 1. The van der Waals surface area contributed by atoms with Gasteiger partial charge in [-0.1, -0.05) is 24.3 Å². The van der Waals surface area contributed by atoms with E-state index in [1.165, 1.54) is 48.5 Å². The second-order valence-electron chi connectivity index (χ2n) is 5.74. The zero-order valence-corrected chi connectivity index (χ0v) is 15.6. The lowest BCUT2D eigenvalue weighted by Gasteiger charge is -2.18. The maximum Gasteiger partial charge on any atom is 0.251 e. The van der Waals surface area contributed by atoms with E-state index in [-0.39, 0.29) is 16.3 Å². The Morgan fingerprint density at radius 2 is 1.74 bits per heavy atom. The first-order valence-electron chi connectivity index (χ1n) is 7.94. The summed E-state index contributed by atoms with van der Waals surface area (Å²) < 4.78 is 52.7. The molecule has 0 bridgehead atoms. The molecule has 0 saturated heterocycles. The van der Waals surface area contributed by atoms with Gasteiger partial charge in [0.25, 0.3) is 5.91 Å². The van der Waals surface area contributed by atoms with Crippen molar-refractivity contribution >= 4 is 27.1 Å². The van der Waals surface area contributed by atoms with Crippen molar-refractivity contribution in [3.8, 4) is 0 Å². The van der Waals surface area contributed by atoms with E-state index in [2.05, 4.69) is 5.32 Å². The van der Waals surface area contributed by atoms with Gasteiger partial charge in [-0.05, 0) is 47.3 Å². The maximum absolute atomic E-state index is 13.3. The summed E-state index contributed by atoms with van der Waals surface area (Å²) in [5, 5.41) is 3.07. The van der Waals surface area contributed by atoms with Crippen LogP contribution in [0.5, 0.6) is 0 Å². The van der Waals surface area contributed by atoms with Gasteiger partial charge in [0.05, 0.1) is 0 Å². The van der Waals surface area contributed by atoms with Crippen molar-refractivity contribution in [2.24, 2.45) is 0 Å². The van der Waals surface area contributed by atoms with Crippen LogP contribution in [-0.2, 0) is 9.84 Å². The van der Waals surface area contributed by atoms with Gasteiger partial charge in [-0.15, -0.1) is 11.3 Å². The first-order valence-corrected chi connectivity index (χ1v) is 10.4. The molecule has 1 atom stereocenters. The number of halogens is 2. The highest BCUT2D eigenvalue weighted by molar-refractivity contribution is 7.93. The lowest BCUT2D eigenvalue weighted by molar-refractivity contribution is 0.0953. The molecule has 1 amide bonds. The number of carbonyl (C=O) groups is 1. The molecule has 4 nitrogen and oxygen atoms in total. The van der Waals surface area contributed by atoms with Crippen molar-refractivity contribution in [2.75, 3.05) is 6.54 Å². The van der Waals surface area contributed by atoms with E-state index in [1.54, 1.807) is 11.4 Å². The van der Waals surface area contributed by atoms with E-state index in [0.29, 0.717) is 5.56 Å². The van der Waals surface area contributed by atoms with Crippen molar-refractivity contribution in [1.82, 2.24) is 5.32 Å². The molecular formula is C19H15F2NO3S2. The fourth-order valence-corrected chi connectivity index (χ4v) is 5.43. The van der Waals surface area contributed by atoms with Gasteiger partial charge in [0.15, 0.2) is 9.84 Å². The van der Waals surface area contributed by atoms with Crippen LogP contribution in [0.25, 0.3) is 0 Å². The van der Waals surface area contributed by atoms with E-state index in [1.807, 2.05) is 0 Å². The van der Waals surface area contributed by atoms with Crippen LogP contribution in [0.1, 0.15) is 21.2 Å². The Morgan fingerprint density at radius 3 is 2.37 bits per heavy atom. The van der Waals surface area contributed by atoms with Crippen molar-refractivity contribution in [1.29, 1.82) is 0 Å². The van der Waals surface area contributed by atoms with Gasteiger partial charge in [-0.3, -0.25) is 4.79 Å². The predicted octanol–water partition coefficient (Wildman–Crippen LogP) is 3.97. The minimum Gasteiger partial charge on any atom is -0.350 e. The Kier molecular flexibility index (Phi) is 5.67. The third-order valence-electron chi connectivity index (χ3n) is 3.93.